The number of rotatable bonds is 8. The quantitative estimate of drug-likeness (QED) is 0.403. The van der Waals surface area contributed by atoms with E-state index >= 15 is 0 Å². The van der Waals surface area contributed by atoms with Gasteiger partial charge in [-0.3, -0.25) is 14.9 Å². The van der Waals surface area contributed by atoms with Crippen LogP contribution in [0.25, 0.3) is 10.9 Å². The fourth-order valence-corrected chi connectivity index (χ4v) is 2.91. The lowest BCUT2D eigenvalue weighted by atomic mass is 10.1. The molecule has 7 nitrogen and oxygen atoms in total. The normalized spacial score (nSPS) is 11.5. The Bertz CT molecular complexity index is 998. The molecule has 0 fully saturated rings. The lowest BCUT2D eigenvalue weighted by molar-refractivity contribution is -0.384. The summed E-state index contributed by atoms with van der Waals surface area (Å²) in [5.41, 5.74) is 2.05. The van der Waals surface area contributed by atoms with E-state index in [2.05, 4.69) is 19.9 Å². The average molecular weight is 386 g/mol. The van der Waals surface area contributed by atoms with Crippen molar-refractivity contribution in [2.24, 2.45) is 0 Å². The Morgan fingerprint density at radius 1 is 1.29 bits per heavy atom. The Balaban J connectivity index is 2.33. The summed E-state index contributed by atoms with van der Waals surface area (Å²) in [6.07, 6.45) is 5.87. The van der Waals surface area contributed by atoms with Gasteiger partial charge in [0.1, 0.15) is 6.61 Å². The van der Waals surface area contributed by atoms with Crippen LogP contribution in [-0.2, 0) is 6.54 Å². The molecule has 28 heavy (non-hydrogen) atoms. The first-order valence-electron chi connectivity index (χ1n) is 9.22. The Hall–Kier alpha value is -3.09. The zero-order valence-electron chi connectivity index (χ0n) is 16.7. The van der Waals surface area contributed by atoms with Crippen molar-refractivity contribution in [3.05, 3.63) is 62.0 Å². The number of hydrogen-bond acceptors (Lipinski definition) is 5. The molecule has 1 N–H and O–H groups in total. The minimum Gasteiger partial charge on any atom is -0.504 e. The number of allylic oxidation sites excluding steroid dienone is 3. The Labute approximate surface area is 163 Å². The number of aromatic hydroxyl groups is 1. The van der Waals surface area contributed by atoms with E-state index in [9.17, 15) is 20.0 Å². The maximum Gasteiger partial charge on any atom is 0.297 e. The lowest BCUT2D eigenvalue weighted by Gasteiger charge is -2.13. The number of nitrogens with zero attached hydrogens (tertiary/aromatic N) is 2. The van der Waals surface area contributed by atoms with Crippen LogP contribution >= 0.6 is 0 Å². The highest BCUT2D eigenvalue weighted by Gasteiger charge is 2.19. The summed E-state index contributed by atoms with van der Waals surface area (Å²) in [7, 11) is 0. The third-order valence-electron chi connectivity index (χ3n) is 4.46. The minimum absolute atomic E-state index is 0.142. The minimum atomic E-state index is -0.534. The Morgan fingerprint density at radius 2 is 2.00 bits per heavy atom. The first-order valence-corrected chi connectivity index (χ1v) is 9.22. The topological polar surface area (TPSA) is 94.6 Å². The van der Waals surface area contributed by atoms with Crippen LogP contribution in [0.1, 0.15) is 40.5 Å². The predicted molar refractivity (Wildman–Crippen MR) is 110 cm³/mol. The maximum atomic E-state index is 12.7. The average Bonchev–Trinajstić information content (AvgIpc) is 2.64. The van der Waals surface area contributed by atoms with Gasteiger partial charge in [-0.15, -0.1) is 0 Å². The summed E-state index contributed by atoms with van der Waals surface area (Å²) in [6, 6.07) is 4.02. The van der Waals surface area contributed by atoms with Crippen molar-refractivity contribution in [1.82, 2.24) is 4.57 Å². The standard InChI is InChI=1S/C21H26N2O5/c1-5-22-18-13-16(23(26)27)9-10-17(18)19(24)20(21(22)25)28-12-11-15(4)8-6-7-14(2)3/h7,9-11,13,24H,5-6,8,12H2,1-4H3. The van der Waals surface area contributed by atoms with Crippen LogP contribution in [0.2, 0.25) is 0 Å². The molecule has 0 aliphatic rings. The van der Waals surface area contributed by atoms with Gasteiger partial charge in [0.15, 0.2) is 5.75 Å². The third kappa shape index (κ3) is 4.79. The first kappa shape index (κ1) is 21.2. The van der Waals surface area contributed by atoms with Gasteiger partial charge in [0.05, 0.1) is 10.4 Å². The molecular formula is C21H26N2O5. The van der Waals surface area contributed by atoms with E-state index in [-0.39, 0.29) is 23.8 Å². The Kier molecular flexibility index (Phi) is 6.98. The maximum absolute atomic E-state index is 12.7. The summed E-state index contributed by atoms with van der Waals surface area (Å²) < 4.78 is 6.95. The number of non-ortho nitro benzene ring substituents is 1. The molecule has 0 aliphatic carbocycles. The van der Waals surface area contributed by atoms with Gasteiger partial charge in [0, 0.05) is 24.1 Å². The number of aromatic nitrogens is 1. The molecule has 0 saturated heterocycles. The third-order valence-corrected chi connectivity index (χ3v) is 4.46. The van der Waals surface area contributed by atoms with E-state index in [1.54, 1.807) is 6.92 Å². The highest BCUT2D eigenvalue weighted by Crippen LogP contribution is 2.33. The number of hydrogen-bond donors (Lipinski definition) is 1. The van der Waals surface area contributed by atoms with E-state index in [0.29, 0.717) is 17.4 Å². The molecule has 7 heteroatoms. The van der Waals surface area contributed by atoms with Crippen molar-refractivity contribution < 1.29 is 14.8 Å². The number of pyridine rings is 1. The van der Waals surface area contributed by atoms with Crippen LogP contribution < -0.4 is 10.3 Å². The summed E-state index contributed by atoms with van der Waals surface area (Å²) in [5, 5.41) is 21.9. The van der Waals surface area contributed by atoms with Gasteiger partial charge in [0.25, 0.3) is 11.2 Å². The van der Waals surface area contributed by atoms with Gasteiger partial charge in [-0.05, 0) is 52.7 Å². The number of ether oxygens (including phenoxy) is 1. The lowest BCUT2D eigenvalue weighted by Crippen LogP contribution is -2.22. The van der Waals surface area contributed by atoms with Crippen LogP contribution in [0.15, 0.2) is 46.3 Å². The van der Waals surface area contributed by atoms with Crippen LogP contribution in [0.3, 0.4) is 0 Å². The van der Waals surface area contributed by atoms with Gasteiger partial charge in [-0.2, -0.15) is 0 Å². The first-order chi connectivity index (χ1) is 13.3. The van der Waals surface area contributed by atoms with Crippen molar-refractivity contribution in [2.75, 3.05) is 6.61 Å². The van der Waals surface area contributed by atoms with Gasteiger partial charge in [0.2, 0.25) is 5.75 Å². The van der Waals surface area contributed by atoms with E-state index in [4.69, 9.17) is 4.74 Å². The molecule has 0 saturated carbocycles. The van der Waals surface area contributed by atoms with Crippen LogP contribution in [0.4, 0.5) is 5.69 Å². The van der Waals surface area contributed by atoms with Gasteiger partial charge in [-0.1, -0.05) is 17.2 Å². The molecule has 0 radical (unpaired) electrons. The number of aryl methyl sites for hydroxylation is 1. The molecule has 1 aromatic heterocycles. The van der Waals surface area contributed by atoms with Crippen molar-refractivity contribution in [3.63, 3.8) is 0 Å². The van der Waals surface area contributed by atoms with Crippen molar-refractivity contribution in [2.45, 2.75) is 47.1 Å². The highest BCUT2D eigenvalue weighted by molar-refractivity contribution is 5.89. The van der Waals surface area contributed by atoms with E-state index < -0.39 is 10.5 Å². The van der Waals surface area contributed by atoms with Gasteiger partial charge >= 0.3 is 0 Å². The number of nitro benzene ring substituents is 1. The molecule has 0 aliphatic heterocycles. The summed E-state index contributed by atoms with van der Waals surface area (Å²) in [6.45, 7) is 8.31. The van der Waals surface area contributed by atoms with E-state index in [0.717, 1.165) is 18.4 Å². The fraction of sp³-hybridized carbons (Fsp3) is 0.381. The molecule has 0 unspecified atom stereocenters. The molecule has 150 valence electrons. The Morgan fingerprint density at radius 3 is 2.61 bits per heavy atom. The number of benzene rings is 1. The van der Waals surface area contributed by atoms with E-state index in [1.807, 2.05) is 13.0 Å². The molecule has 2 rings (SSSR count). The molecule has 1 aromatic carbocycles. The summed E-state index contributed by atoms with van der Waals surface area (Å²) in [5.74, 6) is -0.438. The van der Waals surface area contributed by atoms with Gasteiger partial charge < -0.3 is 14.4 Å². The molecule has 0 atom stereocenters. The fourth-order valence-electron chi connectivity index (χ4n) is 2.91. The van der Waals surface area contributed by atoms with Crippen LogP contribution in [0.5, 0.6) is 11.5 Å². The summed E-state index contributed by atoms with van der Waals surface area (Å²) in [4.78, 5) is 23.2. The predicted octanol–water partition coefficient (Wildman–Crippen LogP) is 4.71. The smallest absolute Gasteiger partial charge is 0.297 e. The molecule has 2 aromatic rings. The van der Waals surface area contributed by atoms with E-state index in [1.165, 1.54) is 28.3 Å². The second-order valence-corrected chi connectivity index (χ2v) is 6.87. The highest BCUT2D eigenvalue weighted by atomic mass is 16.6. The zero-order valence-corrected chi connectivity index (χ0v) is 16.7. The number of fused-ring (bicyclic) bond motifs is 1. The number of nitro groups is 1. The molecule has 0 bridgehead atoms. The molecule has 0 spiro atoms. The molecule has 1 heterocycles. The molecular weight excluding hydrogens is 360 g/mol. The van der Waals surface area contributed by atoms with Crippen molar-refractivity contribution in [1.29, 1.82) is 0 Å². The summed E-state index contributed by atoms with van der Waals surface area (Å²) >= 11 is 0. The second-order valence-electron chi connectivity index (χ2n) is 6.87. The largest absolute Gasteiger partial charge is 0.504 e. The molecule has 0 amide bonds. The van der Waals surface area contributed by atoms with Crippen molar-refractivity contribution in [3.8, 4) is 11.5 Å². The van der Waals surface area contributed by atoms with Crippen LogP contribution in [-0.4, -0.2) is 21.2 Å². The second kappa shape index (κ2) is 9.21. The van der Waals surface area contributed by atoms with Gasteiger partial charge in [-0.25, -0.2) is 0 Å². The van der Waals surface area contributed by atoms with Crippen LogP contribution in [0, 0.1) is 10.1 Å². The van der Waals surface area contributed by atoms with Crippen molar-refractivity contribution >= 4 is 16.6 Å². The monoisotopic (exact) mass is 386 g/mol. The SMILES string of the molecule is CCn1c(=O)c(OCC=C(C)CCC=C(C)C)c(O)c2ccc([N+](=O)[O-])cc21. The zero-order chi connectivity index (χ0) is 20.8.